The van der Waals surface area contributed by atoms with Gasteiger partial charge in [0, 0.05) is 18.3 Å². The van der Waals surface area contributed by atoms with Crippen LogP contribution in [-0.2, 0) is 16.0 Å². The van der Waals surface area contributed by atoms with Gasteiger partial charge < -0.3 is 10.1 Å². The van der Waals surface area contributed by atoms with E-state index in [-0.39, 0.29) is 18.3 Å². The third-order valence-electron chi connectivity index (χ3n) is 4.57. The van der Waals surface area contributed by atoms with Crippen molar-refractivity contribution in [2.75, 3.05) is 13.2 Å². The smallest absolute Gasteiger partial charge is 0.338 e. The molecule has 3 rings (SSSR count). The lowest BCUT2D eigenvalue weighted by atomic mass is 10.2. The molecule has 0 unspecified atom stereocenters. The largest absolute Gasteiger partial charge is 0.454 e. The summed E-state index contributed by atoms with van der Waals surface area (Å²) in [6.07, 6.45) is 0.643. The molecule has 0 aliphatic rings. The maximum Gasteiger partial charge on any atom is 0.338 e. The number of hydrogen-bond acceptors (Lipinski definition) is 6. The number of halogens is 1. The van der Waals surface area contributed by atoms with Gasteiger partial charge in [0.2, 0.25) is 11.7 Å². The van der Waals surface area contributed by atoms with Gasteiger partial charge in [0.1, 0.15) is 0 Å². The summed E-state index contributed by atoms with van der Waals surface area (Å²) in [6, 6.07) is 10.3. The van der Waals surface area contributed by atoms with E-state index in [0.29, 0.717) is 28.4 Å². The molecule has 0 fully saturated rings. The van der Waals surface area contributed by atoms with E-state index < -0.39 is 5.97 Å². The van der Waals surface area contributed by atoms with Crippen molar-refractivity contribution in [2.45, 2.75) is 27.2 Å². The normalized spacial score (nSPS) is 10.7. The topological polar surface area (TPSA) is 90.3 Å². The molecule has 7 nitrogen and oxygen atoms in total. The molecule has 0 atom stereocenters. The number of carbonyl (C=O) groups excluding carboxylic acids is 3. The van der Waals surface area contributed by atoms with Crippen molar-refractivity contribution in [2.24, 2.45) is 0 Å². The molecule has 2 heterocycles. The van der Waals surface area contributed by atoms with E-state index in [1.165, 1.54) is 18.3 Å². The maximum absolute atomic E-state index is 12.3. The Labute approximate surface area is 189 Å². The van der Waals surface area contributed by atoms with Crippen LogP contribution in [0.4, 0.5) is 0 Å². The fourth-order valence-electron chi connectivity index (χ4n) is 2.92. The zero-order valence-corrected chi connectivity index (χ0v) is 19.0. The molecule has 31 heavy (non-hydrogen) atoms. The number of ketones is 1. The van der Waals surface area contributed by atoms with E-state index in [1.54, 1.807) is 35.0 Å². The molecule has 0 saturated carbocycles. The Balaban J connectivity index is 1.56. The Morgan fingerprint density at radius 3 is 2.45 bits per heavy atom. The van der Waals surface area contributed by atoms with Crippen molar-refractivity contribution in [1.29, 1.82) is 0 Å². The number of esters is 1. The summed E-state index contributed by atoms with van der Waals surface area (Å²) in [4.78, 5) is 37.0. The lowest BCUT2D eigenvalue weighted by Crippen LogP contribution is -2.22. The number of Topliss-reactive ketones (excluding diaryl/α,β-unsaturated/α-hetero) is 1. The predicted octanol–water partition coefficient (Wildman–Crippen LogP) is 3.92. The Hall–Kier alpha value is -2.97. The van der Waals surface area contributed by atoms with Gasteiger partial charge in [0.05, 0.1) is 32.5 Å². The lowest BCUT2D eigenvalue weighted by molar-refractivity contribution is -0.118. The SMILES string of the molecule is CC(=O)NCCc1ccc(C(=O)COC(=O)c2ccc(-n3nc(C)c(Cl)c3C)cc2)s1. The van der Waals surface area contributed by atoms with Crippen molar-refractivity contribution in [3.63, 3.8) is 0 Å². The highest BCUT2D eigenvalue weighted by molar-refractivity contribution is 7.14. The van der Waals surface area contributed by atoms with Gasteiger partial charge in [0.15, 0.2) is 6.61 Å². The van der Waals surface area contributed by atoms with E-state index in [2.05, 4.69) is 10.4 Å². The molecule has 0 bridgehead atoms. The first-order chi connectivity index (χ1) is 14.8. The first-order valence-corrected chi connectivity index (χ1v) is 10.8. The summed E-state index contributed by atoms with van der Waals surface area (Å²) in [6.45, 7) is 5.33. The minimum absolute atomic E-state index is 0.0912. The van der Waals surface area contributed by atoms with Gasteiger partial charge in [-0.3, -0.25) is 9.59 Å². The Kier molecular flexibility index (Phi) is 7.25. The van der Waals surface area contributed by atoms with Gasteiger partial charge in [-0.25, -0.2) is 9.48 Å². The molecule has 162 valence electrons. The van der Waals surface area contributed by atoms with Gasteiger partial charge in [-0.2, -0.15) is 5.10 Å². The van der Waals surface area contributed by atoms with Crippen LogP contribution in [-0.4, -0.2) is 40.6 Å². The summed E-state index contributed by atoms with van der Waals surface area (Å²) in [5.74, 6) is -0.932. The van der Waals surface area contributed by atoms with Crippen LogP contribution in [0.1, 0.15) is 43.2 Å². The number of carbonyl (C=O) groups is 3. The van der Waals surface area contributed by atoms with Crippen LogP contribution < -0.4 is 5.32 Å². The van der Waals surface area contributed by atoms with Crippen molar-refractivity contribution in [3.05, 3.63) is 68.1 Å². The van der Waals surface area contributed by atoms with Gasteiger partial charge in [-0.1, -0.05) is 11.6 Å². The number of nitrogens with zero attached hydrogens (tertiary/aromatic N) is 2. The fraction of sp³-hybridized carbons (Fsp3) is 0.273. The van der Waals surface area contributed by atoms with Crippen LogP contribution in [0.2, 0.25) is 5.02 Å². The summed E-state index contributed by atoms with van der Waals surface area (Å²) in [7, 11) is 0. The molecule has 0 aliphatic carbocycles. The van der Waals surface area contributed by atoms with Crippen molar-refractivity contribution < 1.29 is 19.1 Å². The van der Waals surface area contributed by atoms with E-state index in [0.717, 1.165) is 22.0 Å². The number of rotatable bonds is 8. The quantitative estimate of drug-likeness (QED) is 0.407. The second kappa shape index (κ2) is 9.89. The molecular formula is C22H22ClN3O4S. The van der Waals surface area contributed by atoms with E-state index in [4.69, 9.17) is 16.3 Å². The molecule has 1 aromatic carbocycles. The zero-order chi connectivity index (χ0) is 22.5. The second-order valence-electron chi connectivity index (χ2n) is 6.94. The van der Waals surface area contributed by atoms with E-state index >= 15 is 0 Å². The molecule has 0 saturated heterocycles. The van der Waals surface area contributed by atoms with Crippen molar-refractivity contribution in [3.8, 4) is 5.69 Å². The number of benzene rings is 1. The average molecular weight is 460 g/mol. The molecule has 0 spiro atoms. The Morgan fingerprint density at radius 2 is 1.84 bits per heavy atom. The molecule has 0 radical (unpaired) electrons. The van der Waals surface area contributed by atoms with Crippen molar-refractivity contribution in [1.82, 2.24) is 15.1 Å². The molecule has 1 N–H and O–H groups in total. The average Bonchev–Trinajstić information content (AvgIpc) is 3.32. The summed E-state index contributed by atoms with van der Waals surface area (Å²) in [5, 5.41) is 7.70. The highest BCUT2D eigenvalue weighted by Crippen LogP contribution is 2.23. The minimum atomic E-state index is -0.575. The highest BCUT2D eigenvalue weighted by atomic mass is 35.5. The maximum atomic E-state index is 12.3. The highest BCUT2D eigenvalue weighted by Gasteiger charge is 2.15. The van der Waals surface area contributed by atoms with E-state index in [9.17, 15) is 14.4 Å². The second-order valence-corrected chi connectivity index (χ2v) is 8.49. The third-order valence-corrected chi connectivity index (χ3v) is 6.30. The fourth-order valence-corrected chi connectivity index (χ4v) is 3.97. The number of ether oxygens (including phenoxy) is 1. The number of amides is 1. The summed E-state index contributed by atoms with van der Waals surface area (Å²) >= 11 is 7.52. The van der Waals surface area contributed by atoms with Gasteiger partial charge in [-0.05, 0) is 56.7 Å². The number of nitrogens with one attached hydrogen (secondary N) is 1. The molecule has 0 aliphatic heterocycles. The van der Waals surface area contributed by atoms with Crippen LogP contribution in [0.3, 0.4) is 0 Å². The van der Waals surface area contributed by atoms with Crippen LogP contribution in [0.15, 0.2) is 36.4 Å². The van der Waals surface area contributed by atoms with Gasteiger partial charge >= 0.3 is 5.97 Å². The van der Waals surface area contributed by atoms with Crippen LogP contribution >= 0.6 is 22.9 Å². The number of aryl methyl sites for hydroxylation is 1. The van der Waals surface area contributed by atoms with Gasteiger partial charge in [-0.15, -0.1) is 11.3 Å². The standard InChI is InChI=1S/C22H22ClN3O4S/c1-13-21(23)14(2)26(25-13)17-6-4-16(5-7-17)22(29)30-12-19(28)20-9-8-18(31-20)10-11-24-15(3)27/h4-9H,10-12H2,1-3H3,(H,24,27). The zero-order valence-electron chi connectivity index (χ0n) is 17.4. The molecule has 3 aromatic rings. The molecule has 9 heteroatoms. The van der Waals surface area contributed by atoms with Crippen molar-refractivity contribution >= 4 is 40.6 Å². The van der Waals surface area contributed by atoms with Gasteiger partial charge in [0.25, 0.3) is 0 Å². The first-order valence-electron chi connectivity index (χ1n) is 9.62. The Bertz CT molecular complexity index is 1120. The van der Waals surface area contributed by atoms with Crippen LogP contribution in [0.5, 0.6) is 0 Å². The Morgan fingerprint density at radius 1 is 1.13 bits per heavy atom. The minimum Gasteiger partial charge on any atom is -0.454 e. The third kappa shape index (κ3) is 5.59. The number of hydrogen-bond donors (Lipinski definition) is 1. The van der Waals surface area contributed by atoms with Crippen LogP contribution in [0, 0.1) is 13.8 Å². The first kappa shape index (κ1) is 22.7. The monoisotopic (exact) mass is 459 g/mol. The molecule has 1 amide bonds. The molecule has 2 aromatic heterocycles. The number of aromatic nitrogens is 2. The lowest BCUT2D eigenvalue weighted by Gasteiger charge is -2.07. The van der Waals surface area contributed by atoms with Crippen LogP contribution in [0.25, 0.3) is 5.69 Å². The molecular weight excluding hydrogens is 438 g/mol. The summed E-state index contributed by atoms with van der Waals surface area (Å²) < 4.78 is 6.88. The van der Waals surface area contributed by atoms with E-state index in [1.807, 2.05) is 19.9 Å². The predicted molar refractivity (Wildman–Crippen MR) is 119 cm³/mol. The summed E-state index contributed by atoms with van der Waals surface area (Å²) in [5.41, 5.74) is 2.65. The number of thiophene rings is 1.